The van der Waals surface area contributed by atoms with Gasteiger partial charge in [0.1, 0.15) is 5.75 Å². The third kappa shape index (κ3) is 3.17. The number of carbonyl (C=O) groups excluding carboxylic acids is 1. The van der Waals surface area contributed by atoms with Gasteiger partial charge in [-0.05, 0) is 24.1 Å². The first-order chi connectivity index (χ1) is 10.1. The molecule has 1 heterocycles. The first-order valence-corrected chi connectivity index (χ1v) is 7.24. The monoisotopic (exact) mass is 291 g/mol. The summed E-state index contributed by atoms with van der Waals surface area (Å²) >= 11 is 0. The van der Waals surface area contributed by atoms with Crippen molar-refractivity contribution in [3.63, 3.8) is 0 Å². The molecule has 1 aliphatic rings. The number of aliphatic carboxylic acids is 1. The van der Waals surface area contributed by atoms with Crippen LogP contribution in [-0.4, -0.2) is 35.5 Å². The first kappa shape index (κ1) is 15.4. The van der Waals surface area contributed by atoms with Gasteiger partial charge < -0.3 is 14.7 Å². The van der Waals surface area contributed by atoms with Gasteiger partial charge in [-0.1, -0.05) is 25.5 Å². The third-order valence-electron chi connectivity index (χ3n) is 3.96. The molecule has 1 aromatic carbocycles. The zero-order chi connectivity index (χ0) is 15.4. The van der Waals surface area contributed by atoms with E-state index in [2.05, 4.69) is 6.92 Å². The molecule has 0 aromatic heterocycles. The SMILES string of the molecule is CCCCN1C(=O)C[C@@H](C(=O)O)[C@H]1c1ccc(OC)cc1. The second kappa shape index (κ2) is 6.61. The Morgan fingerprint density at radius 2 is 2.05 bits per heavy atom. The fourth-order valence-electron chi connectivity index (χ4n) is 2.82. The van der Waals surface area contributed by atoms with Crippen LogP contribution in [0.15, 0.2) is 24.3 Å². The average Bonchev–Trinajstić information content (AvgIpc) is 2.82. The van der Waals surface area contributed by atoms with Crippen molar-refractivity contribution in [3.05, 3.63) is 29.8 Å². The molecular formula is C16H21NO4. The zero-order valence-corrected chi connectivity index (χ0v) is 12.4. The molecule has 2 rings (SSSR count). The number of ether oxygens (including phenoxy) is 1. The minimum absolute atomic E-state index is 0.0725. The summed E-state index contributed by atoms with van der Waals surface area (Å²) < 4.78 is 5.12. The van der Waals surface area contributed by atoms with Gasteiger partial charge in [-0.2, -0.15) is 0 Å². The molecule has 1 aromatic rings. The molecule has 0 bridgehead atoms. The van der Waals surface area contributed by atoms with Crippen LogP contribution in [-0.2, 0) is 9.59 Å². The van der Waals surface area contributed by atoms with E-state index in [1.54, 1.807) is 24.1 Å². The third-order valence-corrected chi connectivity index (χ3v) is 3.96. The number of nitrogens with zero attached hydrogens (tertiary/aromatic N) is 1. The van der Waals surface area contributed by atoms with Crippen molar-refractivity contribution in [2.45, 2.75) is 32.2 Å². The molecule has 21 heavy (non-hydrogen) atoms. The van der Waals surface area contributed by atoms with Gasteiger partial charge in [-0.3, -0.25) is 9.59 Å². The van der Waals surface area contributed by atoms with E-state index in [1.807, 2.05) is 12.1 Å². The Morgan fingerprint density at radius 3 is 2.57 bits per heavy atom. The van der Waals surface area contributed by atoms with Crippen molar-refractivity contribution in [3.8, 4) is 5.75 Å². The Bertz CT molecular complexity index is 512. The molecule has 1 amide bonds. The van der Waals surface area contributed by atoms with Gasteiger partial charge in [-0.15, -0.1) is 0 Å². The summed E-state index contributed by atoms with van der Waals surface area (Å²) in [6.45, 7) is 2.66. The Hall–Kier alpha value is -2.04. The van der Waals surface area contributed by atoms with Crippen LogP contribution in [0.3, 0.4) is 0 Å². The van der Waals surface area contributed by atoms with Crippen LogP contribution >= 0.6 is 0 Å². The van der Waals surface area contributed by atoms with E-state index in [-0.39, 0.29) is 18.4 Å². The van der Waals surface area contributed by atoms with Crippen molar-refractivity contribution in [2.75, 3.05) is 13.7 Å². The van der Waals surface area contributed by atoms with E-state index < -0.39 is 11.9 Å². The lowest BCUT2D eigenvalue weighted by molar-refractivity contribution is -0.142. The molecule has 1 N–H and O–H groups in total. The summed E-state index contributed by atoms with van der Waals surface area (Å²) in [6.07, 6.45) is 1.93. The molecule has 1 fully saturated rings. The van der Waals surface area contributed by atoms with Crippen molar-refractivity contribution in [2.24, 2.45) is 5.92 Å². The van der Waals surface area contributed by atoms with Crippen LogP contribution in [0.1, 0.15) is 37.8 Å². The number of hydrogen-bond donors (Lipinski definition) is 1. The number of methoxy groups -OCH3 is 1. The highest BCUT2D eigenvalue weighted by molar-refractivity contribution is 5.87. The zero-order valence-electron chi connectivity index (χ0n) is 12.4. The smallest absolute Gasteiger partial charge is 0.309 e. The summed E-state index contributed by atoms with van der Waals surface area (Å²) in [5, 5.41) is 9.40. The predicted octanol–water partition coefficient (Wildman–Crippen LogP) is 2.47. The second-order valence-electron chi connectivity index (χ2n) is 5.31. The van der Waals surface area contributed by atoms with Crippen LogP contribution in [0, 0.1) is 5.92 Å². The molecule has 0 saturated carbocycles. The predicted molar refractivity (Wildman–Crippen MR) is 78.1 cm³/mol. The average molecular weight is 291 g/mol. The van der Waals surface area contributed by atoms with Crippen LogP contribution in [0.5, 0.6) is 5.75 Å². The molecule has 0 unspecified atom stereocenters. The number of rotatable bonds is 6. The molecule has 2 atom stereocenters. The lowest BCUT2D eigenvalue weighted by atomic mass is 9.93. The molecule has 114 valence electrons. The Balaban J connectivity index is 2.31. The number of amides is 1. The normalized spacial score (nSPS) is 21.6. The summed E-state index contributed by atoms with van der Waals surface area (Å²) in [5.74, 6) is -0.947. The fourth-order valence-corrected chi connectivity index (χ4v) is 2.82. The van der Waals surface area contributed by atoms with E-state index in [4.69, 9.17) is 4.74 Å². The van der Waals surface area contributed by atoms with Crippen molar-refractivity contribution in [1.82, 2.24) is 4.90 Å². The van der Waals surface area contributed by atoms with Gasteiger partial charge in [0.2, 0.25) is 5.91 Å². The highest BCUT2D eigenvalue weighted by Crippen LogP contribution is 2.38. The Kier molecular flexibility index (Phi) is 4.83. The number of carboxylic acids is 1. The van der Waals surface area contributed by atoms with Crippen LogP contribution < -0.4 is 4.74 Å². The number of unbranched alkanes of at least 4 members (excludes halogenated alkanes) is 1. The Morgan fingerprint density at radius 1 is 1.38 bits per heavy atom. The van der Waals surface area contributed by atoms with Crippen LogP contribution in [0.25, 0.3) is 0 Å². The summed E-state index contributed by atoms with van der Waals surface area (Å²) in [6, 6.07) is 6.91. The van der Waals surface area contributed by atoms with Crippen molar-refractivity contribution in [1.29, 1.82) is 0 Å². The summed E-state index contributed by atoms with van der Waals surface area (Å²) in [5.41, 5.74) is 0.852. The minimum atomic E-state index is -0.914. The van der Waals surface area contributed by atoms with Gasteiger partial charge in [0.05, 0.1) is 19.1 Å². The molecular weight excluding hydrogens is 270 g/mol. The molecule has 1 saturated heterocycles. The van der Waals surface area contributed by atoms with E-state index in [1.165, 1.54) is 0 Å². The van der Waals surface area contributed by atoms with Crippen molar-refractivity contribution < 1.29 is 19.4 Å². The number of carboxylic acid groups (broad SMARTS) is 1. The van der Waals surface area contributed by atoms with E-state index in [0.717, 1.165) is 24.2 Å². The highest BCUT2D eigenvalue weighted by Gasteiger charge is 2.44. The van der Waals surface area contributed by atoms with E-state index in [0.29, 0.717) is 6.54 Å². The van der Waals surface area contributed by atoms with Crippen LogP contribution in [0.2, 0.25) is 0 Å². The molecule has 0 spiro atoms. The minimum Gasteiger partial charge on any atom is -0.497 e. The largest absolute Gasteiger partial charge is 0.497 e. The van der Waals surface area contributed by atoms with Gasteiger partial charge in [0, 0.05) is 13.0 Å². The van der Waals surface area contributed by atoms with Crippen molar-refractivity contribution >= 4 is 11.9 Å². The number of likely N-dealkylation sites (tertiary alicyclic amines) is 1. The highest BCUT2D eigenvalue weighted by atomic mass is 16.5. The van der Waals surface area contributed by atoms with E-state index >= 15 is 0 Å². The van der Waals surface area contributed by atoms with Gasteiger partial charge >= 0.3 is 5.97 Å². The number of carbonyl (C=O) groups is 2. The summed E-state index contributed by atoms with van der Waals surface area (Å²) in [4.78, 5) is 25.3. The number of benzene rings is 1. The van der Waals surface area contributed by atoms with Crippen LogP contribution in [0.4, 0.5) is 0 Å². The Labute approximate surface area is 124 Å². The molecule has 1 aliphatic heterocycles. The molecule has 5 nitrogen and oxygen atoms in total. The standard InChI is InChI=1S/C16H21NO4/c1-3-4-9-17-14(18)10-13(16(19)20)15(17)11-5-7-12(21-2)8-6-11/h5-8,13,15H,3-4,9-10H2,1-2H3,(H,19,20)/t13-,15-/m1/s1. The van der Waals surface area contributed by atoms with Gasteiger partial charge in [0.25, 0.3) is 0 Å². The molecule has 5 heteroatoms. The fraction of sp³-hybridized carbons (Fsp3) is 0.500. The topological polar surface area (TPSA) is 66.8 Å². The molecule has 0 radical (unpaired) electrons. The molecule has 0 aliphatic carbocycles. The maximum absolute atomic E-state index is 12.1. The second-order valence-corrected chi connectivity index (χ2v) is 5.31. The van der Waals surface area contributed by atoms with E-state index in [9.17, 15) is 14.7 Å². The maximum Gasteiger partial charge on any atom is 0.309 e. The number of hydrogen-bond acceptors (Lipinski definition) is 3. The quantitative estimate of drug-likeness (QED) is 0.874. The lowest BCUT2D eigenvalue weighted by Gasteiger charge is -2.27. The lowest BCUT2D eigenvalue weighted by Crippen LogP contribution is -2.31. The van der Waals surface area contributed by atoms with Gasteiger partial charge in [-0.25, -0.2) is 0 Å². The first-order valence-electron chi connectivity index (χ1n) is 7.24. The maximum atomic E-state index is 12.1. The van der Waals surface area contributed by atoms with Gasteiger partial charge in [0.15, 0.2) is 0 Å². The summed E-state index contributed by atoms with van der Waals surface area (Å²) in [7, 11) is 1.59.